The Morgan fingerprint density at radius 3 is 2.43 bits per heavy atom. The molecule has 2 aromatic rings. The third kappa shape index (κ3) is 3.78. The van der Waals surface area contributed by atoms with Crippen molar-refractivity contribution in [3.8, 4) is 0 Å². The Kier molecular flexibility index (Phi) is 4.64. The lowest BCUT2D eigenvalue weighted by molar-refractivity contribution is 0.584. The van der Waals surface area contributed by atoms with Gasteiger partial charge in [0, 0.05) is 10.3 Å². The number of rotatable bonds is 3. The maximum atomic E-state index is 6.30. The molecule has 0 aliphatic carbocycles. The number of benzene rings is 1. The second-order valence-corrected chi connectivity index (χ2v) is 8.01. The molecule has 21 heavy (non-hydrogen) atoms. The molecule has 1 aromatic carbocycles. The zero-order valence-corrected chi connectivity index (χ0v) is 15.1. The van der Waals surface area contributed by atoms with E-state index in [0.717, 1.165) is 16.4 Å². The van der Waals surface area contributed by atoms with Crippen LogP contribution in [0.25, 0.3) is 0 Å². The van der Waals surface area contributed by atoms with Gasteiger partial charge < -0.3 is 5.32 Å². The quantitative estimate of drug-likeness (QED) is 0.762. The molecule has 0 fully saturated rings. The van der Waals surface area contributed by atoms with Gasteiger partial charge in [0.1, 0.15) is 0 Å². The Labute approximate surface area is 136 Å². The van der Waals surface area contributed by atoms with Crippen molar-refractivity contribution >= 4 is 28.6 Å². The predicted octanol–water partition coefficient (Wildman–Crippen LogP) is 5.88. The van der Waals surface area contributed by atoms with Crippen LogP contribution in [0.4, 0.5) is 5.69 Å². The minimum atomic E-state index is 0.0922. The van der Waals surface area contributed by atoms with Gasteiger partial charge in [0.15, 0.2) is 0 Å². The van der Waals surface area contributed by atoms with E-state index >= 15 is 0 Å². The fourth-order valence-electron chi connectivity index (χ4n) is 2.17. The van der Waals surface area contributed by atoms with Crippen molar-refractivity contribution < 1.29 is 0 Å². The number of halogens is 1. The van der Waals surface area contributed by atoms with E-state index in [1.807, 2.05) is 19.1 Å². The largest absolute Gasteiger partial charge is 0.376 e. The summed E-state index contributed by atoms with van der Waals surface area (Å²) in [5.74, 6) is 0. The minimum absolute atomic E-state index is 0.0922. The van der Waals surface area contributed by atoms with Crippen LogP contribution in [0, 0.1) is 13.8 Å². The normalized spacial score (nSPS) is 13.3. The Balaban J connectivity index is 2.24. The fourth-order valence-corrected chi connectivity index (χ4v) is 3.58. The number of anilines is 1. The third-order valence-corrected chi connectivity index (χ3v) is 5.44. The SMILES string of the molecule is Cc1ccc(NC(C)c2sc(C(C)(C)C)nc2C)c(Cl)c1. The maximum absolute atomic E-state index is 6.30. The number of aromatic nitrogens is 1. The van der Waals surface area contributed by atoms with Gasteiger partial charge in [-0.2, -0.15) is 0 Å². The average Bonchev–Trinajstić information content (AvgIpc) is 2.75. The fraction of sp³-hybridized carbons (Fsp3) is 0.471. The molecule has 0 saturated carbocycles. The van der Waals surface area contributed by atoms with Crippen molar-refractivity contribution in [2.75, 3.05) is 5.32 Å². The molecule has 1 unspecified atom stereocenters. The first kappa shape index (κ1) is 16.3. The van der Waals surface area contributed by atoms with E-state index in [9.17, 15) is 0 Å². The molecular formula is C17H23ClN2S. The third-order valence-electron chi connectivity index (χ3n) is 3.36. The molecule has 0 aliphatic rings. The van der Waals surface area contributed by atoms with Gasteiger partial charge in [0.2, 0.25) is 0 Å². The topological polar surface area (TPSA) is 24.9 Å². The van der Waals surface area contributed by atoms with Gasteiger partial charge in [-0.15, -0.1) is 11.3 Å². The lowest BCUT2D eigenvalue weighted by Crippen LogP contribution is -2.10. The van der Waals surface area contributed by atoms with Gasteiger partial charge in [-0.25, -0.2) is 4.98 Å². The molecule has 1 N–H and O–H groups in total. The first-order chi connectivity index (χ1) is 9.68. The van der Waals surface area contributed by atoms with Crippen LogP contribution < -0.4 is 5.32 Å². The van der Waals surface area contributed by atoms with E-state index in [4.69, 9.17) is 16.6 Å². The van der Waals surface area contributed by atoms with Crippen molar-refractivity contribution in [2.24, 2.45) is 0 Å². The molecule has 0 spiro atoms. The summed E-state index contributed by atoms with van der Waals surface area (Å²) in [6.07, 6.45) is 0. The zero-order chi connectivity index (χ0) is 15.8. The molecule has 0 bridgehead atoms. The summed E-state index contributed by atoms with van der Waals surface area (Å²) in [5.41, 5.74) is 3.34. The summed E-state index contributed by atoms with van der Waals surface area (Å²) in [6.45, 7) is 12.9. The van der Waals surface area contributed by atoms with Crippen LogP contribution in [0.2, 0.25) is 5.02 Å². The summed E-state index contributed by atoms with van der Waals surface area (Å²) in [7, 11) is 0. The molecule has 0 saturated heterocycles. The zero-order valence-electron chi connectivity index (χ0n) is 13.5. The maximum Gasteiger partial charge on any atom is 0.0985 e. The highest BCUT2D eigenvalue weighted by atomic mass is 35.5. The van der Waals surface area contributed by atoms with Gasteiger partial charge in [0.25, 0.3) is 0 Å². The molecular weight excluding hydrogens is 300 g/mol. The highest BCUT2D eigenvalue weighted by Gasteiger charge is 2.22. The lowest BCUT2D eigenvalue weighted by atomic mass is 9.98. The van der Waals surface area contributed by atoms with E-state index in [2.05, 4.69) is 46.0 Å². The minimum Gasteiger partial charge on any atom is -0.376 e. The molecule has 1 atom stereocenters. The van der Waals surface area contributed by atoms with Gasteiger partial charge in [-0.3, -0.25) is 0 Å². The van der Waals surface area contributed by atoms with Crippen molar-refractivity contribution in [1.82, 2.24) is 4.98 Å². The van der Waals surface area contributed by atoms with Gasteiger partial charge in [0.05, 0.1) is 27.5 Å². The molecule has 0 amide bonds. The van der Waals surface area contributed by atoms with Crippen LogP contribution in [-0.4, -0.2) is 4.98 Å². The highest BCUT2D eigenvalue weighted by Crippen LogP contribution is 2.35. The van der Waals surface area contributed by atoms with E-state index in [0.29, 0.717) is 0 Å². The number of nitrogens with one attached hydrogen (secondary N) is 1. The molecule has 1 heterocycles. The Hall–Kier alpha value is -1.06. The van der Waals surface area contributed by atoms with Crippen LogP contribution in [-0.2, 0) is 5.41 Å². The predicted molar refractivity (Wildman–Crippen MR) is 93.8 cm³/mol. The summed E-state index contributed by atoms with van der Waals surface area (Å²) >= 11 is 8.09. The summed E-state index contributed by atoms with van der Waals surface area (Å²) in [6, 6.07) is 6.28. The van der Waals surface area contributed by atoms with Crippen LogP contribution in [0.15, 0.2) is 18.2 Å². The molecule has 2 nitrogen and oxygen atoms in total. The highest BCUT2D eigenvalue weighted by molar-refractivity contribution is 7.12. The lowest BCUT2D eigenvalue weighted by Gasteiger charge is -2.16. The summed E-state index contributed by atoms with van der Waals surface area (Å²) in [5, 5.41) is 5.44. The van der Waals surface area contributed by atoms with Crippen LogP contribution in [0.1, 0.15) is 54.9 Å². The molecule has 114 valence electrons. The van der Waals surface area contributed by atoms with Crippen LogP contribution in [0.3, 0.4) is 0 Å². The summed E-state index contributed by atoms with van der Waals surface area (Å²) in [4.78, 5) is 6.00. The first-order valence-electron chi connectivity index (χ1n) is 7.19. The number of thiazole rings is 1. The van der Waals surface area contributed by atoms with Crippen LogP contribution in [0.5, 0.6) is 0 Å². The number of hydrogen-bond acceptors (Lipinski definition) is 3. The van der Waals surface area contributed by atoms with Crippen molar-refractivity contribution in [3.05, 3.63) is 44.4 Å². The Morgan fingerprint density at radius 2 is 1.90 bits per heavy atom. The Morgan fingerprint density at radius 1 is 1.24 bits per heavy atom. The number of aryl methyl sites for hydroxylation is 2. The molecule has 4 heteroatoms. The van der Waals surface area contributed by atoms with Gasteiger partial charge in [-0.05, 0) is 38.5 Å². The van der Waals surface area contributed by atoms with Gasteiger partial charge in [-0.1, -0.05) is 38.4 Å². The van der Waals surface area contributed by atoms with E-state index in [1.54, 1.807) is 11.3 Å². The Bertz CT molecular complexity index is 641. The molecule has 2 rings (SSSR count). The standard InChI is InChI=1S/C17H23ClN2S/c1-10-7-8-14(13(18)9-10)19-11(2)15-12(3)20-16(21-15)17(4,5)6/h7-9,11,19H,1-6H3. The van der Waals surface area contributed by atoms with E-state index in [1.165, 1.54) is 15.4 Å². The molecule has 0 aliphatic heterocycles. The second kappa shape index (κ2) is 5.98. The van der Waals surface area contributed by atoms with Gasteiger partial charge >= 0.3 is 0 Å². The van der Waals surface area contributed by atoms with Crippen molar-refractivity contribution in [1.29, 1.82) is 0 Å². The molecule has 0 radical (unpaired) electrons. The second-order valence-electron chi connectivity index (χ2n) is 6.57. The molecule has 1 aromatic heterocycles. The first-order valence-corrected chi connectivity index (χ1v) is 8.38. The smallest absolute Gasteiger partial charge is 0.0985 e. The number of nitrogens with zero attached hydrogens (tertiary/aromatic N) is 1. The monoisotopic (exact) mass is 322 g/mol. The van der Waals surface area contributed by atoms with Crippen LogP contribution >= 0.6 is 22.9 Å². The number of hydrogen-bond donors (Lipinski definition) is 1. The van der Waals surface area contributed by atoms with E-state index in [-0.39, 0.29) is 11.5 Å². The van der Waals surface area contributed by atoms with Crippen molar-refractivity contribution in [2.45, 2.75) is 53.0 Å². The van der Waals surface area contributed by atoms with Crippen molar-refractivity contribution in [3.63, 3.8) is 0 Å². The van der Waals surface area contributed by atoms with E-state index < -0.39 is 0 Å². The average molecular weight is 323 g/mol. The summed E-state index contributed by atoms with van der Waals surface area (Å²) < 4.78 is 0.